The minimum Gasteiger partial charge on any atom is -0.378 e. The third-order valence-corrected chi connectivity index (χ3v) is 5.60. The van der Waals surface area contributed by atoms with Crippen molar-refractivity contribution >= 4 is 22.9 Å². The van der Waals surface area contributed by atoms with E-state index in [9.17, 15) is 4.79 Å². The zero-order chi connectivity index (χ0) is 19.3. The number of carbonyl (C=O) groups is 1. The van der Waals surface area contributed by atoms with Crippen LogP contribution < -0.4 is 10.2 Å². The second kappa shape index (κ2) is 8.54. The molecular weight excluding hydrogens is 370 g/mol. The molecule has 2 aromatic carbocycles. The fraction of sp³-hybridized carbons (Fsp3) is 0.273. The van der Waals surface area contributed by atoms with Crippen molar-refractivity contribution in [3.05, 3.63) is 70.0 Å². The Kier molecular flexibility index (Phi) is 5.69. The predicted molar refractivity (Wildman–Crippen MR) is 113 cm³/mol. The number of rotatable bonds is 5. The first-order valence-electron chi connectivity index (χ1n) is 9.41. The lowest BCUT2D eigenvalue weighted by molar-refractivity contribution is 0.0951. The molecule has 1 fully saturated rings. The topological polar surface area (TPSA) is 54.5 Å². The normalized spacial score (nSPS) is 14.1. The summed E-state index contributed by atoms with van der Waals surface area (Å²) >= 11 is 1.65. The van der Waals surface area contributed by atoms with Gasteiger partial charge in [-0.1, -0.05) is 24.3 Å². The average Bonchev–Trinajstić information content (AvgIpc) is 3.19. The number of nitrogens with zero attached hydrogens (tertiary/aromatic N) is 2. The Morgan fingerprint density at radius 3 is 2.46 bits per heavy atom. The molecule has 6 heteroatoms. The highest BCUT2D eigenvalue weighted by Gasteiger charge is 2.12. The standard InChI is InChI=1S/C22H23N3O2S/c1-16-24-21(15-28-16)18-4-2-17(3-5-18)14-23-22(26)19-6-8-20(9-7-19)25-10-12-27-13-11-25/h2-9,15H,10-14H2,1H3,(H,23,26). The quantitative estimate of drug-likeness (QED) is 0.715. The van der Waals surface area contributed by atoms with Crippen molar-refractivity contribution in [3.8, 4) is 11.3 Å². The molecular formula is C22H23N3O2S. The van der Waals surface area contributed by atoms with Crippen molar-refractivity contribution in [3.63, 3.8) is 0 Å². The lowest BCUT2D eigenvalue weighted by Crippen LogP contribution is -2.36. The number of thiazole rings is 1. The first kappa shape index (κ1) is 18.7. The van der Waals surface area contributed by atoms with E-state index in [1.807, 2.05) is 55.5 Å². The maximum Gasteiger partial charge on any atom is 0.251 e. The molecule has 0 spiro atoms. The van der Waals surface area contributed by atoms with Gasteiger partial charge >= 0.3 is 0 Å². The second-order valence-corrected chi connectivity index (χ2v) is 7.84. The third-order valence-electron chi connectivity index (χ3n) is 4.83. The lowest BCUT2D eigenvalue weighted by Gasteiger charge is -2.28. The van der Waals surface area contributed by atoms with Crippen LogP contribution in [0.2, 0.25) is 0 Å². The van der Waals surface area contributed by atoms with Gasteiger partial charge in [0.25, 0.3) is 5.91 Å². The van der Waals surface area contributed by atoms with E-state index in [4.69, 9.17) is 4.74 Å². The Balaban J connectivity index is 1.33. The molecule has 1 N–H and O–H groups in total. The Hall–Kier alpha value is -2.70. The summed E-state index contributed by atoms with van der Waals surface area (Å²) in [6.45, 7) is 5.79. The molecule has 1 aromatic heterocycles. The number of hydrogen-bond donors (Lipinski definition) is 1. The summed E-state index contributed by atoms with van der Waals surface area (Å²) in [5.74, 6) is -0.0623. The minimum absolute atomic E-state index is 0.0623. The summed E-state index contributed by atoms with van der Waals surface area (Å²) in [6, 6.07) is 15.9. The predicted octanol–water partition coefficient (Wildman–Crippen LogP) is 3.89. The van der Waals surface area contributed by atoms with Gasteiger partial charge in [-0.05, 0) is 36.8 Å². The van der Waals surface area contributed by atoms with Crippen LogP contribution in [0.4, 0.5) is 5.69 Å². The van der Waals surface area contributed by atoms with Crippen molar-refractivity contribution < 1.29 is 9.53 Å². The number of aromatic nitrogens is 1. The van der Waals surface area contributed by atoms with Gasteiger partial charge in [-0.3, -0.25) is 4.79 Å². The van der Waals surface area contributed by atoms with E-state index in [1.165, 1.54) is 0 Å². The van der Waals surface area contributed by atoms with Crippen molar-refractivity contribution in [1.82, 2.24) is 10.3 Å². The van der Waals surface area contributed by atoms with Crippen LogP contribution in [0.5, 0.6) is 0 Å². The van der Waals surface area contributed by atoms with Gasteiger partial charge in [-0.25, -0.2) is 4.98 Å². The SMILES string of the molecule is Cc1nc(-c2ccc(CNC(=O)c3ccc(N4CCOCC4)cc3)cc2)cs1. The van der Waals surface area contributed by atoms with E-state index in [0.717, 1.165) is 53.8 Å². The van der Waals surface area contributed by atoms with Crippen LogP contribution in [0, 0.1) is 6.92 Å². The molecule has 3 aromatic rings. The highest BCUT2D eigenvalue weighted by molar-refractivity contribution is 7.09. The van der Waals surface area contributed by atoms with Crippen LogP contribution in [0.15, 0.2) is 53.9 Å². The number of anilines is 1. The van der Waals surface area contributed by atoms with E-state index < -0.39 is 0 Å². The number of morpholine rings is 1. The summed E-state index contributed by atoms with van der Waals surface area (Å²) < 4.78 is 5.38. The highest BCUT2D eigenvalue weighted by Crippen LogP contribution is 2.22. The van der Waals surface area contributed by atoms with Gasteiger partial charge < -0.3 is 15.0 Å². The van der Waals surface area contributed by atoms with Crippen molar-refractivity contribution in [2.24, 2.45) is 0 Å². The van der Waals surface area contributed by atoms with Gasteiger partial charge in [0.05, 0.1) is 23.9 Å². The molecule has 28 heavy (non-hydrogen) atoms. The summed E-state index contributed by atoms with van der Waals surface area (Å²) in [4.78, 5) is 19.2. The van der Waals surface area contributed by atoms with Crippen LogP contribution in [0.1, 0.15) is 20.9 Å². The zero-order valence-electron chi connectivity index (χ0n) is 15.9. The number of carbonyl (C=O) groups excluding carboxylic acids is 1. The Morgan fingerprint density at radius 2 is 1.82 bits per heavy atom. The molecule has 0 saturated carbocycles. The molecule has 0 radical (unpaired) electrons. The van der Waals surface area contributed by atoms with Gasteiger partial charge in [0.15, 0.2) is 0 Å². The Morgan fingerprint density at radius 1 is 1.11 bits per heavy atom. The molecule has 0 bridgehead atoms. The zero-order valence-corrected chi connectivity index (χ0v) is 16.7. The summed E-state index contributed by atoms with van der Waals surface area (Å²) in [5.41, 5.74) is 4.96. The molecule has 0 unspecified atom stereocenters. The lowest BCUT2D eigenvalue weighted by atomic mass is 10.1. The van der Waals surface area contributed by atoms with Crippen LogP contribution in [-0.2, 0) is 11.3 Å². The second-order valence-electron chi connectivity index (χ2n) is 6.78. The maximum atomic E-state index is 12.4. The monoisotopic (exact) mass is 393 g/mol. The van der Waals surface area contributed by atoms with Gasteiger partial charge in [-0.15, -0.1) is 11.3 Å². The number of nitrogens with one attached hydrogen (secondary N) is 1. The summed E-state index contributed by atoms with van der Waals surface area (Å²) in [7, 11) is 0. The molecule has 2 heterocycles. The van der Waals surface area contributed by atoms with Crippen LogP contribution >= 0.6 is 11.3 Å². The first-order chi connectivity index (χ1) is 13.7. The van der Waals surface area contributed by atoms with Gasteiger partial charge in [0.1, 0.15) is 0 Å². The number of ether oxygens (including phenoxy) is 1. The van der Waals surface area contributed by atoms with Crippen molar-refractivity contribution in [2.45, 2.75) is 13.5 Å². The molecule has 1 aliphatic heterocycles. The summed E-state index contributed by atoms with van der Waals surface area (Å²) in [5, 5.41) is 6.11. The molecule has 1 amide bonds. The van der Waals surface area contributed by atoms with E-state index in [2.05, 4.69) is 20.6 Å². The Bertz CT molecular complexity index is 929. The molecule has 1 aliphatic rings. The average molecular weight is 394 g/mol. The smallest absolute Gasteiger partial charge is 0.251 e. The van der Waals surface area contributed by atoms with E-state index in [-0.39, 0.29) is 5.91 Å². The van der Waals surface area contributed by atoms with Gasteiger partial charge in [0.2, 0.25) is 0 Å². The van der Waals surface area contributed by atoms with Gasteiger partial charge in [-0.2, -0.15) is 0 Å². The fourth-order valence-electron chi connectivity index (χ4n) is 3.22. The van der Waals surface area contributed by atoms with Crippen molar-refractivity contribution in [2.75, 3.05) is 31.2 Å². The Labute approximate surface area is 169 Å². The van der Waals surface area contributed by atoms with Crippen molar-refractivity contribution in [1.29, 1.82) is 0 Å². The number of amides is 1. The maximum absolute atomic E-state index is 12.4. The fourth-order valence-corrected chi connectivity index (χ4v) is 3.84. The van der Waals surface area contributed by atoms with Gasteiger partial charge in [0, 0.05) is 41.8 Å². The minimum atomic E-state index is -0.0623. The number of aryl methyl sites for hydroxylation is 1. The third kappa shape index (κ3) is 4.40. The highest BCUT2D eigenvalue weighted by atomic mass is 32.1. The number of benzene rings is 2. The molecule has 1 saturated heterocycles. The molecule has 144 valence electrons. The van der Waals surface area contributed by atoms with Crippen LogP contribution in [0.3, 0.4) is 0 Å². The molecule has 5 nitrogen and oxygen atoms in total. The van der Waals surface area contributed by atoms with Crippen LogP contribution in [-0.4, -0.2) is 37.2 Å². The molecule has 4 rings (SSSR count). The van der Waals surface area contributed by atoms with E-state index >= 15 is 0 Å². The van der Waals surface area contributed by atoms with Crippen LogP contribution in [0.25, 0.3) is 11.3 Å². The summed E-state index contributed by atoms with van der Waals surface area (Å²) in [6.07, 6.45) is 0. The number of hydrogen-bond acceptors (Lipinski definition) is 5. The molecule has 0 aliphatic carbocycles. The largest absolute Gasteiger partial charge is 0.378 e. The molecule has 0 atom stereocenters. The van der Waals surface area contributed by atoms with E-state index in [0.29, 0.717) is 12.1 Å². The first-order valence-corrected chi connectivity index (χ1v) is 10.3. The van der Waals surface area contributed by atoms with E-state index in [1.54, 1.807) is 11.3 Å².